The molecule has 0 unspecified atom stereocenters. The van der Waals surface area contributed by atoms with E-state index in [4.69, 9.17) is 18.1 Å². The molecule has 27 heavy (non-hydrogen) atoms. The fourth-order valence-corrected chi connectivity index (χ4v) is 6.48. The van der Waals surface area contributed by atoms with E-state index < -0.39 is 20.6 Å². The van der Waals surface area contributed by atoms with Gasteiger partial charge in [-0.2, -0.15) is 0 Å². The van der Waals surface area contributed by atoms with Gasteiger partial charge in [-0.15, -0.1) is 0 Å². The number of aryl methyl sites for hydroxylation is 2. The van der Waals surface area contributed by atoms with Crippen molar-refractivity contribution >= 4 is 61.1 Å². The fourth-order valence-electron chi connectivity index (χ4n) is 2.07. The second-order valence-corrected chi connectivity index (χ2v) is 22.1. The minimum atomic E-state index is -3.75. The Morgan fingerprint density at radius 1 is 0.926 bits per heavy atom. The standard InChI is InChI=1S/C13H25N3O6P2.2HI.V/c1-9-10(2)15-13(16-11(9)3)14-8-12(23(17,19-4)20-5)24(18,21-6)22-7;;;/h12H,8H2,1-7H3,(H,14,15,16);2*1H;/q;;;+2/p-2. The molecule has 0 radical (unpaired) electrons. The number of anilines is 1. The molecule has 1 heterocycles. The first-order valence-electron chi connectivity index (χ1n) is 7.49. The zero-order chi connectivity index (χ0) is 21.3. The van der Waals surface area contributed by atoms with Crippen LogP contribution in [0.5, 0.6) is 0 Å². The van der Waals surface area contributed by atoms with Crippen LogP contribution in [-0.2, 0) is 36.7 Å². The molecule has 0 spiro atoms. The first-order chi connectivity index (χ1) is 12.6. The summed E-state index contributed by atoms with van der Waals surface area (Å²) in [5.41, 5.74) is 2.60. The van der Waals surface area contributed by atoms with Crippen molar-refractivity contribution in [3.05, 3.63) is 17.0 Å². The molecule has 0 atom stereocenters. The van der Waals surface area contributed by atoms with Gasteiger partial charge in [-0.25, -0.2) is 9.97 Å². The van der Waals surface area contributed by atoms with E-state index in [0.29, 0.717) is 15.4 Å². The van der Waals surface area contributed by atoms with Gasteiger partial charge in [0.2, 0.25) is 5.95 Å². The summed E-state index contributed by atoms with van der Waals surface area (Å²) in [4.78, 5) is 8.62. The Morgan fingerprint density at radius 2 is 1.26 bits per heavy atom. The van der Waals surface area contributed by atoms with Crippen LogP contribution in [0.2, 0.25) is 0 Å². The third kappa shape index (κ3) is 8.11. The van der Waals surface area contributed by atoms with E-state index in [2.05, 4.69) is 55.2 Å². The van der Waals surface area contributed by atoms with Crippen LogP contribution in [0.4, 0.5) is 5.95 Å². The van der Waals surface area contributed by atoms with Gasteiger partial charge in [-0.1, -0.05) is 0 Å². The Morgan fingerprint density at radius 3 is 1.56 bits per heavy atom. The van der Waals surface area contributed by atoms with Gasteiger partial charge in [-0.05, 0) is 26.3 Å². The van der Waals surface area contributed by atoms with Gasteiger partial charge in [-0.3, -0.25) is 9.13 Å². The number of aromatic nitrogens is 2. The second-order valence-electron chi connectivity index (χ2n) is 5.08. The zero-order valence-electron chi connectivity index (χ0n) is 16.2. The number of rotatable bonds is 9. The fraction of sp³-hybridized carbons (Fsp3) is 0.692. The Labute approximate surface area is 189 Å². The average Bonchev–Trinajstić information content (AvgIpc) is 2.66. The van der Waals surface area contributed by atoms with Crippen molar-refractivity contribution in [2.24, 2.45) is 0 Å². The molecule has 0 aliphatic heterocycles. The SMILES string of the molecule is COP(=O)(OC)C(CNc1nc(C)c(C)c(C)n1)P(=O)(OC)OC.[I][V][I]. The molecule has 1 rings (SSSR count). The summed E-state index contributed by atoms with van der Waals surface area (Å²) >= 11 is 4.74. The normalized spacial score (nSPS) is 11.8. The summed E-state index contributed by atoms with van der Waals surface area (Å²) in [7, 11) is -2.02. The zero-order valence-corrected chi connectivity index (χ0v) is 23.7. The van der Waals surface area contributed by atoms with Crippen LogP contribution in [0.1, 0.15) is 17.0 Å². The topological polar surface area (TPSA) is 109 Å². The molecular formula is C13H25I2N3O6P2V. The average molecular weight is 686 g/mol. The predicted octanol–water partition coefficient (Wildman–Crippen LogP) is 4.88. The van der Waals surface area contributed by atoms with Crippen molar-refractivity contribution in [1.29, 1.82) is 0 Å². The molecule has 0 fully saturated rings. The number of hydrogen-bond acceptors (Lipinski definition) is 9. The van der Waals surface area contributed by atoms with Gasteiger partial charge in [0, 0.05) is 46.4 Å². The van der Waals surface area contributed by atoms with Gasteiger partial charge < -0.3 is 23.4 Å². The monoisotopic (exact) mass is 686 g/mol. The quantitative estimate of drug-likeness (QED) is 0.288. The van der Waals surface area contributed by atoms with Crippen molar-refractivity contribution in [2.45, 2.75) is 26.2 Å². The molecule has 0 aliphatic rings. The summed E-state index contributed by atoms with van der Waals surface area (Å²) in [6.45, 7) is 5.55. The molecule has 0 aromatic carbocycles. The van der Waals surface area contributed by atoms with Gasteiger partial charge in [0.05, 0.1) is 0 Å². The molecule has 157 valence electrons. The molecule has 1 N–H and O–H groups in total. The maximum atomic E-state index is 12.8. The molecule has 0 amide bonds. The van der Waals surface area contributed by atoms with Crippen LogP contribution >= 0.6 is 55.1 Å². The van der Waals surface area contributed by atoms with Gasteiger partial charge in [0.1, 0.15) is 0 Å². The van der Waals surface area contributed by atoms with Gasteiger partial charge in [0.15, 0.2) is 5.40 Å². The van der Waals surface area contributed by atoms with Crippen molar-refractivity contribution in [1.82, 2.24) is 9.97 Å². The summed E-state index contributed by atoms with van der Waals surface area (Å²) in [5.74, 6) is 0.318. The number of hydrogen-bond donors (Lipinski definition) is 1. The van der Waals surface area contributed by atoms with E-state index in [9.17, 15) is 9.13 Å². The predicted molar refractivity (Wildman–Crippen MR) is 120 cm³/mol. The number of nitrogens with one attached hydrogen (secondary N) is 1. The van der Waals surface area contributed by atoms with E-state index in [1.54, 1.807) is 0 Å². The van der Waals surface area contributed by atoms with Gasteiger partial charge in [0.25, 0.3) is 0 Å². The van der Waals surface area contributed by atoms with Crippen molar-refractivity contribution in [3.8, 4) is 0 Å². The first kappa shape index (κ1) is 28.2. The Balaban J connectivity index is 0.00000210. The molecule has 0 bridgehead atoms. The van der Waals surface area contributed by atoms with Crippen molar-refractivity contribution in [2.75, 3.05) is 40.3 Å². The van der Waals surface area contributed by atoms with Crippen LogP contribution in [0.15, 0.2) is 0 Å². The van der Waals surface area contributed by atoms with E-state index in [1.807, 2.05) is 20.8 Å². The molecule has 0 saturated carbocycles. The van der Waals surface area contributed by atoms with Crippen LogP contribution < -0.4 is 5.32 Å². The summed E-state index contributed by atoms with van der Waals surface area (Å²) in [6, 6.07) is 0. The van der Waals surface area contributed by atoms with Gasteiger partial charge >= 0.3 is 64.6 Å². The van der Waals surface area contributed by atoms with E-state index in [0.717, 1.165) is 17.0 Å². The number of halogens is 2. The molecule has 9 nitrogen and oxygen atoms in total. The van der Waals surface area contributed by atoms with Crippen LogP contribution in [0, 0.1) is 20.8 Å². The molecular weight excluding hydrogens is 661 g/mol. The summed E-state index contributed by atoms with van der Waals surface area (Å²) in [5, 5.41) is 1.74. The molecule has 0 saturated heterocycles. The molecule has 1 aromatic rings. The van der Waals surface area contributed by atoms with Crippen LogP contribution in [-0.4, -0.2) is 50.4 Å². The van der Waals surface area contributed by atoms with Crippen molar-refractivity contribution in [3.63, 3.8) is 0 Å². The third-order valence-corrected chi connectivity index (χ3v) is 9.38. The molecule has 14 heteroatoms. The van der Waals surface area contributed by atoms with E-state index >= 15 is 0 Å². The van der Waals surface area contributed by atoms with Crippen LogP contribution in [0.3, 0.4) is 0 Å². The molecule has 1 aromatic heterocycles. The molecule has 0 aliphatic carbocycles. The van der Waals surface area contributed by atoms with E-state index in [1.165, 1.54) is 28.4 Å². The van der Waals surface area contributed by atoms with E-state index in [-0.39, 0.29) is 6.54 Å². The summed E-state index contributed by atoms with van der Waals surface area (Å²) in [6.07, 6.45) is 0. The van der Waals surface area contributed by atoms with Crippen molar-refractivity contribution < 1.29 is 36.7 Å². The minimum absolute atomic E-state index is 0.0835. The Kier molecular flexibility index (Phi) is 14.1. The number of nitrogens with zero attached hydrogens (tertiary/aromatic N) is 2. The first-order valence-corrected chi connectivity index (χ1v) is 19.7. The Bertz CT molecular complexity index is 635. The maximum absolute atomic E-state index is 12.8. The van der Waals surface area contributed by atoms with Crippen LogP contribution in [0.25, 0.3) is 0 Å². The second kappa shape index (κ2) is 13.5. The summed E-state index contributed by atoms with van der Waals surface area (Å²) < 4.78 is 45.4. The Hall–Kier alpha value is 1.22. The third-order valence-electron chi connectivity index (χ3n) is 3.82.